The van der Waals surface area contributed by atoms with E-state index in [4.69, 9.17) is 4.74 Å². The van der Waals surface area contributed by atoms with Gasteiger partial charge in [0.1, 0.15) is 12.1 Å². The second kappa shape index (κ2) is 7.37. The third kappa shape index (κ3) is 5.77. The molecule has 0 bridgehead atoms. The Hall–Kier alpha value is -0.970. The highest BCUT2D eigenvalue weighted by atomic mass is 32.2. The minimum atomic E-state index is 0.130. The summed E-state index contributed by atoms with van der Waals surface area (Å²) in [6.45, 7) is 8.27. The zero-order valence-corrected chi connectivity index (χ0v) is 11.8. The van der Waals surface area contributed by atoms with E-state index < -0.39 is 0 Å². The van der Waals surface area contributed by atoms with Gasteiger partial charge in [-0.2, -0.15) is 11.8 Å². The summed E-state index contributed by atoms with van der Waals surface area (Å²) in [7, 11) is 0. The van der Waals surface area contributed by atoms with E-state index in [9.17, 15) is 0 Å². The van der Waals surface area contributed by atoms with Gasteiger partial charge in [-0.05, 0) is 26.5 Å². The fourth-order valence-electron chi connectivity index (χ4n) is 1.31. The molecule has 17 heavy (non-hydrogen) atoms. The average molecular weight is 255 g/mol. The Labute approximate surface area is 108 Å². The van der Waals surface area contributed by atoms with Crippen LogP contribution in [0.2, 0.25) is 0 Å². The van der Waals surface area contributed by atoms with Crippen LogP contribution >= 0.6 is 11.8 Å². The second-order valence-corrected chi connectivity index (χ2v) is 5.43. The molecule has 96 valence electrons. The van der Waals surface area contributed by atoms with E-state index >= 15 is 0 Å². The third-order valence-corrected chi connectivity index (χ3v) is 3.11. The van der Waals surface area contributed by atoms with Gasteiger partial charge >= 0.3 is 0 Å². The lowest BCUT2D eigenvalue weighted by Gasteiger charge is -2.14. The maximum atomic E-state index is 5.52. The van der Waals surface area contributed by atoms with Crippen molar-refractivity contribution in [2.75, 3.05) is 16.8 Å². The number of ether oxygens (including phenoxy) is 1. The molecule has 0 saturated heterocycles. The number of thioether (sulfide) groups is 1. The van der Waals surface area contributed by atoms with Crippen molar-refractivity contribution in [3.63, 3.8) is 0 Å². The number of aromatic nitrogens is 2. The topological polar surface area (TPSA) is 47.0 Å². The maximum absolute atomic E-state index is 5.52. The average Bonchev–Trinajstić information content (AvgIpc) is 2.26. The highest BCUT2D eigenvalue weighted by Gasteiger charge is 2.05. The summed E-state index contributed by atoms with van der Waals surface area (Å²) >= 11 is 1.91. The number of hydrogen-bond acceptors (Lipinski definition) is 5. The Bertz CT molecular complexity index is 333. The first kappa shape index (κ1) is 14.1. The van der Waals surface area contributed by atoms with Crippen LogP contribution < -0.4 is 10.1 Å². The van der Waals surface area contributed by atoms with Crippen LogP contribution in [0.3, 0.4) is 0 Å². The van der Waals surface area contributed by atoms with Gasteiger partial charge in [0.2, 0.25) is 5.88 Å². The molecule has 0 spiro atoms. The van der Waals surface area contributed by atoms with Crippen molar-refractivity contribution in [3.05, 3.63) is 12.4 Å². The summed E-state index contributed by atoms with van der Waals surface area (Å²) in [4.78, 5) is 8.25. The smallest absolute Gasteiger partial charge is 0.218 e. The van der Waals surface area contributed by atoms with Gasteiger partial charge in [-0.15, -0.1) is 0 Å². The standard InChI is InChI=1S/C12H21N3OS/c1-5-17-7-10(4)15-11-6-12(14-8-13-11)16-9(2)3/h6,8-10H,5,7H2,1-4H3,(H,13,14,15). The third-order valence-electron chi connectivity index (χ3n) is 1.96. The van der Waals surface area contributed by atoms with Crippen molar-refractivity contribution >= 4 is 17.6 Å². The van der Waals surface area contributed by atoms with E-state index in [-0.39, 0.29) is 6.10 Å². The normalized spacial score (nSPS) is 12.5. The molecule has 1 rings (SSSR count). The van der Waals surface area contributed by atoms with Crippen molar-refractivity contribution in [1.82, 2.24) is 9.97 Å². The number of rotatable bonds is 7. The predicted octanol–water partition coefficient (Wildman–Crippen LogP) is 2.82. The molecule has 1 unspecified atom stereocenters. The molecule has 0 amide bonds. The predicted molar refractivity (Wildman–Crippen MR) is 73.9 cm³/mol. The van der Waals surface area contributed by atoms with Crippen LogP contribution in [-0.4, -0.2) is 33.6 Å². The molecule has 0 aliphatic rings. The number of nitrogens with one attached hydrogen (secondary N) is 1. The first-order chi connectivity index (χ1) is 8.11. The van der Waals surface area contributed by atoms with Crippen LogP contribution in [0.25, 0.3) is 0 Å². The van der Waals surface area contributed by atoms with Gasteiger partial charge in [0.05, 0.1) is 6.10 Å². The fourth-order valence-corrected chi connectivity index (χ4v) is 1.99. The van der Waals surface area contributed by atoms with Gasteiger partial charge in [0.25, 0.3) is 0 Å². The Kier molecular flexibility index (Phi) is 6.11. The van der Waals surface area contributed by atoms with Crippen LogP contribution in [0.15, 0.2) is 12.4 Å². The minimum absolute atomic E-state index is 0.130. The SMILES string of the molecule is CCSCC(C)Nc1cc(OC(C)C)ncn1. The second-order valence-electron chi connectivity index (χ2n) is 4.11. The summed E-state index contributed by atoms with van der Waals surface area (Å²) < 4.78 is 5.52. The highest BCUT2D eigenvalue weighted by Crippen LogP contribution is 2.14. The first-order valence-electron chi connectivity index (χ1n) is 5.94. The largest absolute Gasteiger partial charge is 0.475 e. The Balaban J connectivity index is 2.53. The molecule has 0 radical (unpaired) electrons. The van der Waals surface area contributed by atoms with E-state index in [1.54, 1.807) is 0 Å². The molecule has 0 saturated carbocycles. The zero-order chi connectivity index (χ0) is 12.7. The molecular formula is C12H21N3OS. The van der Waals surface area contributed by atoms with Crippen molar-refractivity contribution in [3.8, 4) is 5.88 Å². The van der Waals surface area contributed by atoms with Crippen molar-refractivity contribution in [2.45, 2.75) is 39.8 Å². The molecule has 0 aliphatic carbocycles. The minimum Gasteiger partial charge on any atom is -0.475 e. The van der Waals surface area contributed by atoms with Gasteiger partial charge in [-0.1, -0.05) is 6.92 Å². The molecule has 1 N–H and O–H groups in total. The lowest BCUT2D eigenvalue weighted by atomic mass is 10.4. The highest BCUT2D eigenvalue weighted by molar-refractivity contribution is 7.99. The molecular weight excluding hydrogens is 234 g/mol. The van der Waals surface area contributed by atoms with Crippen LogP contribution in [0, 0.1) is 0 Å². The van der Waals surface area contributed by atoms with Crippen LogP contribution in [0.1, 0.15) is 27.7 Å². The number of anilines is 1. The quantitative estimate of drug-likeness (QED) is 0.812. The zero-order valence-electron chi connectivity index (χ0n) is 10.9. The molecule has 0 aromatic carbocycles. The lowest BCUT2D eigenvalue weighted by molar-refractivity contribution is 0.232. The van der Waals surface area contributed by atoms with E-state index in [1.807, 2.05) is 31.7 Å². The van der Waals surface area contributed by atoms with Crippen molar-refractivity contribution < 1.29 is 4.74 Å². The lowest BCUT2D eigenvalue weighted by Crippen LogP contribution is -2.19. The molecule has 0 aliphatic heterocycles. The Morgan fingerprint density at radius 3 is 2.76 bits per heavy atom. The monoisotopic (exact) mass is 255 g/mol. The molecule has 1 heterocycles. The van der Waals surface area contributed by atoms with Gasteiger partial charge in [0.15, 0.2) is 0 Å². The summed E-state index contributed by atoms with van der Waals surface area (Å²) in [5.74, 6) is 3.64. The van der Waals surface area contributed by atoms with Gasteiger partial charge in [-0.25, -0.2) is 9.97 Å². The van der Waals surface area contributed by atoms with E-state index in [2.05, 4.69) is 29.1 Å². The van der Waals surface area contributed by atoms with Gasteiger partial charge in [0, 0.05) is 17.9 Å². The van der Waals surface area contributed by atoms with Crippen LogP contribution in [0.5, 0.6) is 5.88 Å². The maximum Gasteiger partial charge on any atom is 0.218 e. The molecule has 0 fully saturated rings. The molecule has 4 nitrogen and oxygen atoms in total. The van der Waals surface area contributed by atoms with E-state index in [0.29, 0.717) is 11.9 Å². The fraction of sp³-hybridized carbons (Fsp3) is 0.667. The van der Waals surface area contributed by atoms with Crippen LogP contribution in [0.4, 0.5) is 5.82 Å². The summed E-state index contributed by atoms with van der Waals surface area (Å²) in [6.07, 6.45) is 1.66. The number of hydrogen-bond donors (Lipinski definition) is 1. The molecule has 1 atom stereocenters. The Morgan fingerprint density at radius 2 is 2.12 bits per heavy atom. The van der Waals surface area contributed by atoms with E-state index in [1.165, 1.54) is 6.33 Å². The summed E-state index contributed by atoms with van der Waals surface area (Å²) in [5.41, 5.74) is 0. The molecule has 5 heteroatoms. The summed E-state index contributed by atoms with van der Waals surface area (Å²) in [6, 6.07) is 2.23. The first-order valence-corrected chi connectivity index (χ1v) is 7.10. The van der Waals surface area contributed by atoms with Gasteiger partial charge < -0.3 is 10.1 Å². The van der Waals surface area contributed by atoms with Gasteiger partial charge in [-0.3, -0.25) is 0 Å². The Morgan fingerprint density at radius 1 is 1.35 bits per heavy atom. The van der Waals surface area contributed by atoms with Crippen molar-refractivity contribution in [2.24, 2.45) is 0 Å². The van der Waals surface area contributed by atoms with E-state index in [0.717, 1.165) is 17.3 Å². The molecule has 1 aromatic rings. The number of nitrogens with zero attached hydrogens (tertiary/aromatic N) is 2. The summed E-state index contributed by atoms with van der Waals surface area (Å²) in [5, 5.41) is 3.34. The molecule has 1 aromatic heterocycles. The van der Waals surface area contributed by atoms with Crippen LogP contribution in [-0.2, 0) is 0 Å². The van der Waals surface area contributed by atoms with Crippen molar-refractivity contribution in [1.29, 1.82) is 0 Å².